The Bertz CT molecular complexity index is 1010. The van der Waals surface area contributed by atoms with Crippen LogP contribution in [0.3, 0.4) is 0 Å². The van der Waals surface area contributed by atoms with Crippen LogP contribution in [-0.2, 0) is 9.53 Å². The molecule has 0 saturated heterocycles. The average molecular weight is 437 g/mol. The molecule has 5 rings (SSSR count). The minimum absolute atomic E-state index is 0.00951. The molecule has 1 aromatic carbocycles. The molecule has 0 bridgehead atoms. The fourth-order valence-corrected chi connectivity index (χ4v) is 5.18. The van der Waals surface area contributed by atoms with Crippen molar-refractivity contribution < 1.29 is 14.3 Å². The van der Waals surface area contributed by atoms with Crippen LogP contribution >= 0.6 is 0 Å². The van der Waals surface area contributed by atoms with Crippen molar-refractivity contribution in [3.05, 3.63) is 30.6 Å². The molecule has 2 aliphatic carbocycles. The molecule has 0 spiro atoms. The maximum atomic E-state index is 13.2. The summed E-state index contributed by atoms with van der Waals surface area (Å²) in [5.74, 6) is -0.0235. The molecule has 32 heavy (non-hydrogen) atoms. The van der Waals surface area contributed by atoms with Crippen LogP contribution in [0.4, 0.5) is 16.2 Å². The number of amides is 2. The number of anilines is 2. The van der Waals surface area contributed by atoms with Crippen molar-refractivity contribution in [3.63, 3.8) is 0 Å². The summed E-state index contributed by atoms with van der Waals surface area (Å²) in [4.78, 5) is 29.1. The molecule has 0 radical (unpaired) electrons. The number of aromatic nitrogens is 2. The molecule has 1 aliphatic heterocycles. The zero-order chi connectivity index (χ0) is 22.2. The molecule has 0 N–H and O–H groups in total. The second kappa shape index (κ2) is 8.60. The highest BCUT2D eigenvalue weighted by molar-refractivity contribution is 6.03. The second-order valence-corrected chi connectivity index (χ2v) is 9.49. The number of hydrogen-bond acceptors (Lipinski definition) is 4. The van der Waals surface area contributed by atoms with E-state index < -0.39 is 0 Å². The summed E-state index contributed by atoms with van der Waals surface area (Å²) < 4.78 is 7.96. The van der Waals surface area contributed by atoms with Gasteiger partial charge >= 0.3 is 6.09 Å². The van der Waals surface area contributed by atoms with Crippen molar-refractivity contribution in [2.45, 2.75) is 83.4 Å². The lowest BCUT2D eigenvalue weighted by atomic mass is 9.93. The summed E-state index contributed by atoms with van der Waals surface area (Å²) in [6, 6.07) is 6.34. The maximum Gasteiger partial charge on any atom is 0.414 e. The quantitative estimate of drug-likeness (QED) is 0.654. The van der Waals surface area contributed by atoms with E-state index in [9.17, 15) is 9.59 Å². The molecular weight excluding hydrogens is 404 g/mol. The summed E-state index contributed by atoms with van der Waals surface area (Å²) in [5.41, 5.74) is 3.50. The molecule has 3 aliphatic rings. The van der Waals surface area contributed by atoms with Gasteiger partial charge in [0.05, 0.1) is 29.7 Å². The third-order valence-corrected chi connectivity index (χ3v) is 7.18. The van der Waals surface area contributed by atoms with Crippen LogP contribution in [0.15, 0.2) is 30.6 Å². The number of ether oxygens (including phenoxy) is 1. The largest absolute Gasteiger partial charge is 0.446 e. The Hall–Kier alpha value is -2.83. The highest BCUT2D eigenvalue weighted by Gasteiger charge is 2.35. The SMILES string of the molecule is CC(=O)N1c2ccc(-c3cnn(C4CCC4)c3)cc2N(C(=O)OC2CCCCC2)C[C@@H]1C. The highest BCUT2D eigenvalue weighted by atomic mass is 16.6. The molecule has 2 saturated carbocycles. The lowest BCUT2D eigenvalue weighted by Gasteiger charge is -2.41. The molecule has 2 amide bonds. The molecule has 2 fully saturated rings. The van der Waals surface area contributed by atoms with Gasteiger partial charge in [0, 0.05) is 25.2 Å². The van der Waals surface area contributed by atoms with Crippen molar-refractivity contribution in [2.24, 2.45) is 0 Å². The number of hydrogen-bond donors (Lipinski definition) is 0. The highest BCUT2D eigenvalue weighted by Crippen LogP contribution is 2.40. The minimum atomic E-state index is -0.310. The Balaban J connectivity index is 1.47. The Kier molecular flexibility index (Phi) is 5.66. The van der Waals surface area contributed by atoms with Gasteiger partial charge in [-0.2, -0.15) is 5.10 Å². The maximum absolute atomic E-state index is 13.2. The smallest absolute Gasteiger partial charge is 0.414 e. The number of carbonyl (C=O) groups excluding carboxylic acids is 2. The van der Waals surface area contributed by atoms with Gasteiger partial charge in [-0.05, 0) is 69.6 Å². The summed E-state index contributed by atoms with van der Waals surface area (Å²) in [6.07, 6.45) is 12.6. The zero-order valence-electron chi connectivity index (χ0n) is 19.0. The third-order valence-electron chi connectivity index (χ3n) is 7.18. The van der Waals surface area contributed by atoms with Crippen LogP contribution in [0.5, 0.6) is 0 Å². The molecule has 7 heteroatoms. The molecule has 7 nitrogen and oxygen atoms in total. The first-order valence-electron chi connectivity index (χ1n) is 12.0. The van der Waals surface area contributed by atoms with Gasteiger partial charge < -0.3 is 9.64 Å². The fourth-order valence-electron chi connectivity index (χ4n) is 5.18. The molecule has 170 valence electrons. The first kappa shape index (κ1) is 21.0. The van der Waals surface area contributed by atoms with E-state index in [1.165, 1.54) is 25.7 Å². The first-order chi connectivity index (χ1) is 15.5. The number of carbonyl (C=O) groups is 2. The summed E-state index contributed by atoms with van der Waals surface area (Å²) in [6.45, 7) is 3.97. The van der Waals surface area contributed by atoms with Gasteiger partial charge in [0.25, 0.3) is 0 Å². The predicted octanol–water partition coefficient (Wildman–Crippen LogP) is 5.31. The molecule has 1 aromatic heterocycles. The van der Waals surface area contributed by atoms with E-state index in [1.54, 1.807) is 16.7 Å². The van der Waals surface area contributed by atoms with Gasteiger partial charge in [0.15, 0.2) is 0 Å². The van der Waals surface area contributed by atoms with Crippen LogP contribution in [0.2, 0.25) is 0 Å². The molecule has 2 aromatic rings. The lowest BCUT2D eigenvalue weighted by Crippen LogP contribution is -2.52. The van der Waals surface area contributed by atoms with E-state index in [1.807, 2.05) is 31.3 Å². The van der Waals surface area contributed by atoms with E-state index in [4.69, 9.17) is 4.74 Å². The normalized spacial score (nSPS) is 21.8. The molecule has 0 unspecified atom stereocenters. The zero-order valence-corrected chi connectivity index (χ0v) is 19.0. The average Bonchev–Trinajstić information content (AvgIpc) is 3.21. The number of nitrogens with zero attached hydrogens (tertiary/aromatic N) is 4. The topological polar surface area (TPSA) is 67.7 Å². The van der Waals surface area contributed by atoms with Gasteiger partial charge in [0.2, 0.25) is 5.91 Å². The van der Waals surface area contributed by atoms with Gasteiger partial charge in [-0.3, -0.25) is 14.4 Å². The molecular formula is C25H32N4O3. The van der Waals surface area contributed by atoms with Gasteiger partial charge in [-0.1, -0.05) is 12.5 Å². The van der Waals surface area contributed by atoms with E-state index >= 15 is 0 Å². The van der Waals surface area contributed by atoms with Crippen LogP contribution in [-0.4, -0.2) is 40.5 Å². The van der Waals surface area contributed by atoms with Crippen molar-refractivity contribution in [1.29, 1.82) is 0 Å². The van der Waals surface area contributed by atoms with E-state index in [-0.39, 0.29) is 24.1 Å². The lowest BCUT2D eigenvalue weighted by molar-refractivity contribution is -0.117. The number of benzene rings is 1. The Morgan fingerprint density at radius 2 is 1.78 bits per heavy atom. The van der Waals surface area contributed by atoms with E-state index in [0.29, 0.717) is 12.6 Å². The van der Waals surface area contributed by atoms with E-state index in [2.05, 4.69) is 16.0 Å². The Labute approximate surface area is 189 Å². The van der Waals surface area contributed by atoms with Crippen LogP contribution in [0.1, 0.15) is 71.3 Å². The van der Waals surface area contributed by atoms with Crippen molar-refractivity contribution in [3.8, 4) is 11.1 Å². The van der Waals surface area contributed by atoms with Crippen LogP contribution in [0, 0.1) is 0 Å². The number of fused-ring (bicyclic) bond motifs is 1. The second-order valence-electron chi connectivity index (χ2n) is 9.49. The fraction of sp³-hybridized carbons (Fsp3) is 0.560. The number of rotatable bonds is 3. The van der Waals surface area contributed by atoms with Crippen LogP contribution in [0.25, 0.3) is 11.1 Å². The van der Waals surface area contributed by atoms with Crippen molar-refractivity contribution in [1.82, 2.24) is 9.78 Å². The monoisotopic (exact) mass is 436 g/mol. The van der Waals surface area contributed by atoms with E-state index in [0.717, 1.165) is 48.2 Å². The van der Waals surface area contributed by atoms with Crippen molar-refractivity contribution in [2.75, 3.05) is 16.3 Å². The standard InChI is InChI=1S/C25H32N4O3/c1-17-15-27(25(31)32-22-9-4-3-5-10-22)24-13-19(11-12-23(24)29(17)18(2)30)20-14-26-28(16-20)21-7-6-8-21/h11-14,16-17,21-22H,3-10,15H2,1-2H3/t17-/m0/s1. The Morgan fingerprint density at radius 3 is 2.47 bits per heavy atom. The van der Waals surface area contributed by atoms with Crippen LogP contribution < -0.4 is 9.80 Å². The van der Waals surface area contributed by atoms with Gasteiger partial charge in [0.1, 0.15) is 6.10 Å². The summed E-state index contributed by atoms with van der Waals surface area (Å²) in [7, 11) is 0. The minimum Gasteiger partial charge on any atom is -0.446 e. The summed E-state index contributed by atoms with van der Waals surface area (Å²) >= 11 is 0. The van der Waals surface area contributed by atoms with Crippen molar-refractivity contribution >= 4 is 23.4 Å². The van der Waals surface area contributed by atoms with Gasteiger partial charge in [-0.15, -0.1) is 0 Å². The van der Waals surface area contributed by atoms with Gasteiger partial charge in [-0.25, -0.2) is 4.79 Å². The Morgan fingerprint density at radius 1 is 1.00 bits per heavy atom. The molecule has 1 atom stereocenters. The third kappa shape index (κ3) is 3.89. The summed E-state index contributed by atoms with van der Waals surface area (Å²) in [5, 5.41) is 4.56. The predicted molar refractivity (Wildman–Crippen MR) is 124 cm³/mol. The molecule has 2 heterocycles. The first-order valence-corrected chi connectivity index (χ1v) is 12.0.